The number of benzene rings is 9. The van der Waals surface area contributed by atoms with E-state index in [2.05, 4.69) is 254 Å². The number of fused-ring (bicyclic) bond motifs is 4. The van der Waals surface area contributed by atoms with E-state index in [-0.39, 0.29) is 0 Å². The number of halogens is 1. The first-order chi connectivity index (χ1) is 36.6. The van der Waals surface area contributed by atoms with Crippen molar-refractivity contribution in [1.82, 2.24) is 9.97 Å². The first-order valence-electron chi connectivity index (χ1n) is 25.0. The van der Waals surface area contributed by atoms with Gasteiger partial charge in [-0.15, -0.1) is 0 Å². The highest BCUT2D eigenvalue weighted by Crippen LogP contribution is 2.32. The average molecular weight is 1020 g/mol. The van der Waals surface area contributed by atoms with Crippen LogP contribution in [0.15, 0.2) is 286 Å². The van der Waals surface area contributed by atoms with E-state index in [1.165, 1.54) is 104 Å². The van der Waals surface area contributed by atoms with Crippen molar-refractivity contribution in [2.24, 2.45) is 0 Å². The summed E-state index contributed by atoms with van der Waals surface area (Å²) in [5.41, 5.74) is 13.7. The standard InChI is InChI=1S/C38H30N2.C24H16N2.C7H7Br/c1-3-7-29(8-4-1)27-39-19-15-31(16-20-39)33-11-13-35-26-38-24-34(12-14-36(38)25-37(35)23-33)32-17-21-40(22-18-32)28-30-9-5-2-6-10-30;1-3-21-15-24-14-20(18-7-11-26-12-8-18)2-4-22(24)16-23(21)13-19(1)17-5-9-25-10-6-17;8-6-7-4-2-1-3-5-7/h1-26H,27-28H2;1-16H;1-5H,6H2/q+2;;. The normalized spacial score (nSPS) is 10.9. The van der Waals surface area contributed by atoms with Crippen molar-refractivity contribution >= 4 is 59.0 Å². The maximum atomic E-state index is 4.10. The lowest BCUT2D eigenvalue weighted by Gasteiger charge is -2.08. The minimum atomic E-state index is 0.878. The van der Waals surface area contributed by atoms with Crippen molar-refractivity contribution in [3.63, 3.8) is 0 Å². The molecule has 0 aliphatic heterocycles. The molecule has 4 aromatic heterocycles. The molecule has 13 aromatic rings. The molecule has 0 unspecified atom stereocenters. The van der Waals surface area contributed by atoms with Gasteiger partial charge >= 0.3 is 0 Å². The summed E-state index contributed by atoms with van der Waals surface area (Å²) in [6.07, 6.45) is 16.0. The molecule has 5 heteroatoms. The molecular weight excluding hydrogens is 965 g/mol. The second-order valence-electron chi connectivity index (χ2n) is 18.5. The van der Waals surface area contributed by atoms with E-state index in [4.69, 9.17) is 0 Å². The molecule has 0 aliphatic carbocycles. The zero-order valence-electron chi connectivity index (χ0n) is 40.9. The lowest BCUT2D eigenvalue weighted by molar-refractivity contribution is -0.688. The molecule has 0 atom stereocenters. The molecule has 13 rings (SSSR count). The van der Waals surface area contributed by atoms with Crippen LogP contribution < -0.4 is 9.13 Å². The molecular formula is C69H53BrN4+2. The van der Waals surface area contributed by atoms with E-state index in [1.807, 2.05) is 67.3 Å². The Morgan fingerprint density at radius 1 is 0.257 bits per heavy atom. The number of rotatable bonds is 9. The highest BCUT2D eigenvalue weighted by molar-refractivity contribution is 9.08. The number of nitrogens with zero attached hydrogens (tertiary/aromatic N) is 4. The third-order valence-electron chi connectivity index (χ3n) is 13.5. The Kier molecular flexibility index (Phi) is 14.5. The van der Waals surface area contributed by atoms with Crippen LogP contribution in [0.4, 0.5) is 0 Å². The van der Waals surface area contributed by atoms with E-state index in [1.54, 1.807) is 0 Å². The number of pyridine rings is 4. The van der Waals surface area contributed by atoms with E-state index in [9.17, 15) is 0 Å². The summed E-state index contributed by atoms with van der Waals surface area (Å²) in [7, 11) is 0. The topological polar surface area (TPSA) is 33.5 Å². The predicted octanol–water partition coefficient (Wildman–Crippen LogP) is 16.7. The third kappa shape index (κ3) is 11.6. The number of hydrogen-bond acceptors (Lipinski definition) is 2. The maximum absolute atomic E-state index is 4.10. The molecule has 4 nitrogen and oxygen atoms in total. The summed E-state index contributed by atoms with van der Waals surface area (Å²) in [5.74, 6) is 0. The summed E-state index contributed by atoms with van der Waals surface area (Å²) in [6, 6.07) is 84.4. The van der Waals surface area contributed by atoms with Crippen LogP contribution in [-0.4, -0.2) is 9.97 Å². The summed E-state index contributed by atoms with van der Waals surface area (Å²) in [5, 5.41) is 11.0. The maximum Gasteiger partial charge on any atom is 0.173 e. The van der Waals surface area contributed by atoms with Crippen LogP contribution in [0.5, 0.6) is 0 Å². The summed E-state index contributed by atoms with van der Waals surface area (Å²) < 4.78 is 4.45. The van der Waals surface area contributed by atoms with Crippen molar-refractivity contribution < 1.29 is 9.13 Å². The Hall–Kier alpha value is -8.90. The first-order valence-corrected chi connectivity index (χ1v) is 26.1. The van der Waals surface area contributed by atoms with Crippen molar-refractivity contribution in [2.45, 2.75) is 18.4 Å². The average Bonchev–Trinajstić information content (AvgIpc) is 3.47. The van der Waals surface area contributed by atoms with Gasteiger partial charge in [0.05, 0.1) is 0 Å². The van der Waals surface area contributed by atoms with Gasteiger partial charge in [-0.3, -0.25) is 9.97 Å². The fourth-order valence-electron chi connectivity index (χ4n) is 9.47. The number of aromatic nitrogens is 4. The van der Waals surface area contributed by atoms with Gasteiger partial charge in [-0.1, -0.05) is 155 Å². The van der Waals surface area contributed by atoms with Crippen molar-refractivity contribution in [1.29, 1.82) is 0 Å². The molecule has 4 heterocycles. The molecule has 0 bridgehead atoms. The molecule has 354 valence electrons. The largest absolute Gasteiger partial charge is 0.265 e. The van der Waals surface area contributed by atoms with Crippen LogP contribution in [0, 0.1) is 0 Å². The monoisotopic (exact) mass is 1020 g/mol. The zero-order valence-corrected chi connectivity index (χ0v) is 42.5. The van der Waals surface area contributed by atoms with Gasteiger partial charge < -0.3 is 0 Å². The van der Waals surface area contributed by atoms with Crippen molar-refractivity contribution in [3.05, 3.63) is 303 Å². The smallest absolute Gasteiger partial charge is 0.173 e. The van der Waals surface area contributed by atoms with Crippen LogP contribution in [0.2, 0.25) is 0 Å². The van der Waals surface area contributed by atoms with Crippen molar-refractivity contribution in [2.75, 3.05) is 0 Å². The molecule has 74 heavy (non-hydrogen) atoms. The SMILES string of the molecule is BrCc1ccccc1.c1cc(-c2ccc3cc4cc(-c5ccncc5)ccc4cc3c2)ccn1.c1ccc(C[n+]2ccc(-c3ccc4cc5cc(-c6cc[n+](Cc7ccccc7)cc6)ccc5cc4c3)cc2)cc1. The lowest BCUT2D eigenvalue weighted by atomic mass is 9.97. The minimum absolute atomic E-state index is 0.878. The van der Waals surface area contributed by atoms with Crippen molar-refractivity contribution in [3.8, 4) is 44.5 Å². The molecule has 0 radical (unpaired) electrons. The molecule has 0 saturated carbocycles. The Morgan fingerprint density at radius 3 is 0.824 bits per heavy atom. The van der Waals surface area contributed by atoms with Gasteiger partial charge in [0.15, 0.2) is 37.9 Å². The zero-order chi connectivity index (χ0) is 49.9. The quantitative estimate of drug-likeness (QED) is 0.0820. The molecule has 0 spiro atoms. The van der Waals surface area contributed by atoms with Crippen LogP contribution in [0.3, 0.4) is 0 Å². The summed E-state index contributed by atoms with van der Waals surface area (Å²) in [6.45, 7) is 1.76. The fourth-order valence-corrected chi connectivity index (χ4v) is 9.84. The summed E-state index contributed by atoms with van der Waals surface area (Å²) in [4.78, 5) is 8.21. The number of hydrogen-bond donors (Lipinski definition) is 0. The van der Waals surface area contributed by atoms with Gasteiger partial charge in [0.2, 0.25) is 0 Å². The Labute approximate surface area is 441 Å². The van der Waals surface area contributed by atoms with E-state index in [0.29, 0.717) is 0 Å². The Bertz CT molecular complexity index is 3700. The first kappa shape index (κ1) is 47.4. The van der Waals surface area contributed by atoms with Crippen LogP contribution in [0.25, 0.3) is 87.6 Å². The Balaban J connectivity index is 0.000000147. The fraction of sp³-hybridized carbons (Fsp3) is 0.0435. The highest BCUT2D eigenvalue weighted by atomic mass is 79.9. The van der Waals surface area contributed by atoms with E-state index < -0.39 is 0 Å². The lowest BCUT2D eigenvalue weighted by Crippen LogP contribution is -2.32. The third-order valence-corrected chi connectivity index (χ3v) is 14.1. The number of alkyl halides is 1. The molecule has 0 fully saturated rings. The van der Waals surface area contributed by atoms with E-state index >= 15 is 0 Å². The second kappa shape index (κ2) is 22.7. The molecule has 0 N–H and O–H groups in total. The van der Waals surface area contributed by atoms with Crippen LogP contribution in [0.1, 0.15) is 16.7 Å². The predicted molar refractivity (Wildman–Crippen MR) is 311 cm³/mol. The van der Waals surface area contributed by atoms with Gasteiger partial charge in [-0.25, -0.2) is 9.13 Å². The molecule has 0 aliphatic rings. The molecule has 0 amide bonds. The summed E-state index contributed by atoms with van der Waals surface area (Å²) >= 11 is 3.36. The highest BCUT2D eigenvalue weighted by Gasteiger charge is 2.10. The molecule has 9 aromatic carbocycles. The molecule has 0 saturated heterocycles. The minimum Gasteiger partial charge on any atom is -0.265 e. The second-order valence-corrected chi connectivity index (χ2v) is 19.1. The van der Waals surface area contributed by atoms with Gasteiger partial charge in [0.25, 0.3) is 0 Å². The van der Waals surface area contributed by atoms with Crippen LogP contribution >= 0.6 is 15.9 Å². The van der Waals surface area contributed by atoms with Gasteiger partial charge in [0.1, 0.15) is 0 Å². The van der Waals surface area contributed by atoms with Crippen LogP contribution in [-0.2, 0) is 18.4 Å². The van der Waals surface area contributed by atoms with Gasteiger partial charge in [-0.2, -0.15) is 0 Å². The van der Waals surface area contributed by atoms with Gasteiger partial charge in [0, 0.05) is 65.5 Å². The van der Waals surface area contributed by atoms with E-state index in [0.717, 1.165) is 18.4 Å². The Morgan fingerprint density at radius 2 is 0.541 bits per heavy atom. The van der Waals surface area contributed by atoms with Gasteiger partial charge in [-0.05, 0) is 166 Å².